The molecule has 17 heavy (non-hydrogen) atoms. The Hall–Kier alpha value is -1.20. The second-order valence-electron chi connectivity index (χ2n) is 4.58. The summed E-state index contributed by atoms with van der Waals surface area (Å²) in [7, 11) is 1.63. The predicted octanol–water partition coefficient (Wildman–Crippen LogP) is 1.19. The van der Waals surface area contributed by atoms with E-state index in [4.69, 9.17) is 9.47 Å². The number of methoxy groups -OCH3 is 1. The lowest BCUT2D eigenvalue weighted by Gasteiger charge is -2.21. The Labute approximate surface area is 100 Å². The molecule has 0 radical (unpaired) electrons. The number of aromatic amines is 1. The summed E-state index contributed by atoms with van der Waals surface area (Å²) in [6.45, 7) is 5.06. The van der Waals surface area contributed by atoms with E-state index in [2.05, 4.69) is 9.97 Å². The number of nitrogens with one attached hydrogen (secondary N) is 1. The summed E-state index contributed by atoms with van der Waals surface area (Å²) in [4.78, 5) is 19.2. The number of fused-ring (bicyclic) bond motifs is 1. The first-order valence-electron chi connectivity index (χ1n) is 5.86. The van der Waals surface area contributed by atoms with Crippen molar-refractivity contribution < 1.29 is 9.47 Å². The van der Waals surface area contributed by atoms with Gasteiger partial charge in [-0.1, -0.05) is 13.8 Å². The summed E-state index contributed by atoms with van der Waals surface area (Å²) in [6.07, 6.45) is 0.525. The maximum atomic E-state index is 11.9. The first-order chi connectivity index (χ1) is 8.13. The average Bonchev–Trinajstić information content (AvgIpc) is 2.29. The molecule has 1 aromatic heterocycles. The Balaban J connectivity index is 2.43. The van der Waals surface area contributed by atoms with Crippen molar-refractivity contribution in [3.8, 4) is 0 Å². The number of ether oxygens (including phenoxy) is 2. The van der Waals surface area contributed by atoms with Crippen LogP contribution in [0.1, 0.15) is 37.0 Å². The maximum Gasteiger partial charge on any atom is 0.256 e. The van der Waals surface area contributed by atoms with Gasteiger partial charge in [0.15, 0.2) is 0 Å². The van der Waals surface area contributed by atoms with Crippen molar-refractivity contribution in [2.24, 2.45) is 5.92 Å². The van der Waals surface area contributed by atoms with Crippen molar-refractivity contribution in [1.82, 2.24) is 9.97 Å². The molecule has 1 aliphatic rings. The average molecular weight is 238 g/mol. The molecule has 5 nitrogen and oxygen atoms in total. The van der Waals surface area contributed by atoms with Crippen molar-refractivity contribution >= 4 is 0 Å². The van der Waals surface area contributed by atoms with E-state index in [-0.39, 0.29) is 17.6 Å². The lowest BCUT2D eigenvalue weighted by molar-refractivity contribution is 0.0559. The second-order valence-corrected chi connectivity index (χ2v) is 4.58. The largest absolute Gasteiger partial charge is 0.376 e. The molecule has 0 aliphatic carbocycles. The standard InChI is InChI=1S/C12H18N2O3/c1-7(2)10(16-3)11-13-9-4-5-17-6-8(9)12(15)14-11/h7,10H,4-6H2,1-3H3,(H,13,14,15). The number of rotatable bonds is 3. The Morgan fingerprint density at radius 1 is 1.47 bits per heavy atom. The van der Waals surface area contributed by atoms with E-state index in [1.54, 1.807) is 7.11 Å². The quantitative estimate of drug-likeness (QED) is 0.859. The molecule has 0 aromatic carbocycles. The van der Waals surface area contributed by atoms with Crippen molar-refractivity contribution in [2.45, 2.75) is 33.0 Å². The molecule has 0 fully saturated rings. The third-order valence-electron chi connectivity index (χ3n) is 2.98. The highest BCUT2D eigenvalue weighted by atomic mass is 16.5. The second kappa shape index (κ2) is 4.98. The fourth-order valence-corrected chi connectivity index (χ4v) is 2.10. The van der Waals surface area contributed by atoms with E-state index in [1.807, 2.05) is 13.8 Å². The molecule has 0 saturated carbocycles. The molecule has 94 valence electrons. The summed E-state index contributed by atoms with van der Waals surface area (Å²) in [5.41, 5.74) is 1.39. The summed E-state index contributed by atoms with van der Waals surface area (Å²) in [5, 5.41) is 0. The third kappa shape index (κ3) is 2.40. The third-order valence-corrected chi connectivity index (χ3v) is 2.98. The topological polar surface area (TPSA) is 64.2 Å². The molecule has 2 heterocycles. The Kier molecular flexibility index (Phi) is 3.59. The molecule has 1 aromatic rings. The zero-order valence-corrected chi connectivity index (χ0v) is 10.4. The number of aromatic nitrogens is 2. The molecular formula is C12H18N2O3. The van der Waals surface area contributed by atoms with E-state index in [1.165, 1.54) is 0 Å². The van der Waals surface area contributed by atoms with Crippen molar-refractivity contribution in [2.75, 3.05) is 13.7 Å². The highest BCUT2D eigenvalue weighted by Gasteiger charge is 2.22. The molecule has 0 amide bonds. The minimum absolute atomic E-state index is 0.104. The number of hydrogen-bond acceptors (Lipinski definition) is 4. The predicted molar refractivity (Wildman–Crippen MR) is 62.8 cm³/mol. The van der Waals surface area contributed by atoms with Crippen molar-refractivity contribution in [1.29, 1.82) is 0 Å². The summed E-state index contributed by atoms with van der Waals surface area (Å²) in [5.74, 6) is 0.884. The zero-order chi connectivity index (χ0) is 12.4. The normalized spacial score (nSPS) is 16.9. The smallest absolute Gasteiger partial charge is 0.256 e. The van der Waals surface area contributed by atoms with Crippen LogP contribution in [0.4, 0.5) is 0 Å². The molecule has 1 N–H and O–H groups in total. The highest BCUT2D eigenvalue weighted by molar-refractivity contribution is 5.19. The molecule has 0 bridgehead atoms. The monoisotopic (exact) mass is 238 g/mol. The van der Waals surface area contributed by atoms with Crippen molar-refractivity contribution in [3.05, 3.63) is 27.4 Å². The summed E-state index contributed by atoms with van der Waals surface area (Å²) in [6, 6.07) is 0. The fourth-order valence-electron chi connectivity index (χ4n) is 2.10. The molecule has 0 saturated heterocycles. The maximum absolute atomic E-state index is 11.9. The Bertz CT molecular complexity index is 454. The van der Waals surface area contributed by atoms with Crippen LogP contribution in [0, 0.1) is 5.92 Å². The first-order valence-corrected chi connectivity index (χ1v) is 5.86. The molecule has 1 aliphatic heterocycles. The van der Waals surface area contributed by atoms with Gasteiger partial charge in [0.1, 0.15) is 11.9 Å². The van der Waals surface area contributed by atoms with Crippen LogP contribution >= 0.6 is 0 Å². The van der Waals surface area contributed by atoms with E-state index in [9.17, 15) is 4.79 Å². The number of H-pyrrole nitrogens is 1. The van der Waals surface area contributed by atoms with Gasteiger partial charge in [0.2, 0.25) is 0 Å². The minimum Gasteiger partial charge on any atom is -0.376 e. The molecule has 0 spiro atoms. The van der Waals surface area contributed by atoms with Crippen LogP contribution in [0.25, 0.3) is 0 Å². The van der Waals surface area contributed by atoms with E-state index < -0.39 is 0 Å². The van der Waals surface area contributed by atoms with Gasteiger partial charge in [-0.2, -0.15) is 0 Å². The van der Waals surface area contributed by atoms with E-state index in [0.717, 1.165) is 5.69 Å². The van der Waals surface area contributed by atoms with Gasteiger partial charge in [0.05, 0.1) is 24.5 Å². The van der Waals surface area contributed by atoms with E-state index in [0.29, 0.717) is 31.0 Å². The van der Waals surface area contributed by atoms with Crippen LogP contribution < -0.4 is 5.56 Å². The van der Waals surface area contributed by atoms with Crippen LogP contribution in [0.15, 0.2) is 4.79 Å². The Morgan fingerprint density at radius 2 is 2.24 bits per heavy atom. The van der Waals surface area contributed by atoms with Gasteiger partial charge in [-0.05, 0) is 5.92 Å². The van der Waals surface area contributed by atoms with Crippen LogP contribution in [0.5, 0.6) is 0 Å². The van der Waals surface area contributed by atoms with Gasteiger partial charge in [-0.25, -0.2) is 4.98 Å². The summed E-state index contributed by atoms with van der Waals surface area (Å²) >= 11 is 0. The van der Waals surface area contributed by atoms with Crippen LogP contribution in [-0.2, 0) is 22.5 Å². The lowest BCUT2D eigenvalue weighted by Crippen LogP contribution is -2.27. The zero-order valence-electron chi connectivity index (χ0n) is 10.4. The molecular weight excluding hydrogens is 220 g/mol. The Morgan fingerprint density at radius 3 is 2.88 bits per heavy atom. The number of hydrogen-bond donors (Lipinski definition) is 1. The summed E-state index contributed by atoms with van der Waals surface area (Å²) < 4.78 is 10.6. The minimum atomic E-state index is -0.171. The number of nitrogens with zero attached hydrogens (tertiary/aromatic N) is 1. The lowest BCUT2D eigenvalue weighted by atomic mass is 10.1. The van der Waals surface area contributed by atoms with Crippen LogP contribution in [0.3, 0.4) is 0 Å². The van der Waals surface area contributed by atoms with Gasteiger partial charge < -0.3 is 14.5 Å². The van der Waals surface area contributed by atoms with Gasteiger partial charge in [0.25, 0.3) is 5.56 Å². The van der Waals surface area contributed by atoms with Crippen molar-refractivity contribution in [3.63, 3.8) is 0 Å². The van der Waals surface area contributed by atoms with Gasteiger partial charge in [0, 0.05) is 13.5 Å². The van der Waals surface area contributed by atoms with Gasteiger partial charge in [-0.15, -0.1) is 0 Å². The van der Waals surface area contributed by atoms with E-state index >= 15 is 0 Å². The molecule has 5 heteroatoms. The first kappa shape index (κ1) is 12.3. The van der Waals surface area contributed by atoms with Crippen LogP contribution in [-0.4, -0.2) is 23.7 Å². The highest BCUT2D eigenvalue weighted by Crippen LogP contribution is 2.22. The molecule has 1 unspecified atom stereocenters. The molecule has 1 atom stereocenters. The fraction of sp³-hybridized carbons (Fsp3) is 0.667. The van der Waals surface area contributed by atoms with Gasteiger partial charge in [-0.3, -0.25) is 4.79 Å². The SMILES string of the molecule is COC(c1nc2c(c(=O)[nH]1)COCC2)C(C)C. The molecule has 2 rings (SSSR count). The van der Waals surface area contributed by atoms with Gasteiger partial charge >= 0.3 is 0 Å². The van der Waals surface area contributed by atoms with Crippen LogP contribution in [0.2, 0.25) is 0 Å².